The second kappa shape index (κ2) is 5.37. The molecule has 1 aromatic carbocycles. The van der Waals surface area contributed by atoms with E-state index in [2.05, 4.69) is 10.1 Å². The highest BCUT2D eigenvalue weighted by atomic mass is 35.5. The molecule has 0 aliphatic heterocycles. The molecule has 0 unspecified atom stereocenters. The van der Waals surface area contributed by atoms with Crippen LogP contribution in [0.3, 0.4) is 0 Å². The first-order valence-corrected chi connectivity index (χ1v) is 7.26. The van der Waals surface area contributed by atoms with Gasteiger partial charge in [-0.05, 0) is 26.0 Å². The Kier molecular flexibility index (Phi) is 3.55. The van der Waals surface area contributed by atoms with E-state index in [1.54, 1.807) is 0 Å². The number of aryl methyl sites for hydroxylation is 2. The smallest absolute Gasteiger partial charge is 0.171 e. The van der Waals surface area contributed by atoms with Crippen LogP contribution in [0.4, 0.5) is 0 Å². The van der Waals surface area contributed by atoms with Gasteiger partial charge in [-0.1, -0.05) is 12.1 Å². The van der Waals surface area contributed by atoms with E-state index in [0.717, 1.165) is 39.5 Å². The van der Waals surface area contributed by atoms with Crippen molar-refractivity contribution in [1.29, 1.82) is 0 Å². The minimum atomic E-state index is 0.353. The van der Waals surface area contributed by atoms with Crippen LogP contribution in [0.15, 0.2) is 30.3 Å². The number of aromatic nitrogens is 3. The quantitative estimate of drug-likeness (QED) is 0.683. The molecule has 5 heteroatoms. The lowest BCUT2D eigenvalue weighted by Crippen LogP contribution is -1.95. The fourth-order valence-corrected chi connectivity index (χ4v) is 2.50. The van der Waals surface area contributed by atoms with Gasteiger partial charge in [-0.15, -0.1) is 11.6 Å². The molecule has 3 aromatic rings. The van der Waals surface area contributed by atoms with Crippen molar-refractivity contribution in [3.05, 3.63) is 47.4 Å². The minimum Gasteiger partial charge on any atom is -0.453 e. The van der Waals surface area contributed by atoms with Crippen molar-refractivity contribution in [2.45, 2.75) is 19.7 Å². The number of hydrogen-bond donors (Lipinski definition) is 0. The summed E-state index contributed by atoms with van der Waals surface area (Å²) >= 11 is 5.93. The van der Waals surface area contributed by atoms with Crippen LogP contribution in [0.25, 0.3) is 10.9 Å². The zero-order chi connectivity index (χ0) is 15.0. The Morgan fingerprint density at radius 1 is 1.24 bits per heavy atom. The molecule has 2 heterocycles. The largest absolute Gasteiger partial charge is 0.453 e. The van der Waals surface area contributed by atoms with Gasteiger partial charge in [0, 0.05) is 18.5 Å². The molecule has 4 nitrogen and oxygen atoms in total. The molecule has 108 valence electrons. The van der Waals surface area contributed by atoms with Crippen LogP contribution in [0.2, 0.25) is 0 Å². The Labute approximate surface area is 128 Å². The molecule has 0 saturated carbocycles. The number of pyridine rings is 1. The average Bonchev–Trinajstić information content (AvgIpc) is 2.73. The van der Waals surface area contributed by atoms with Gasteiger partial charge in [-0.2, -0.15) is 5.10 Å². The number of ether oxygens (including phenoxy) is 1. The highest BCUT2D eigenvalue weighted by Gasteiger charge is 2.14. The number of hydrogen-bond acceptors (Lipinski definition) is 3. The van der Waals surface area contributed by atoms with Crippen LogP contribution < -0.4 is 4.74 Å². The Bertz CT molecular complexity index is 811. The fourth-order valence-electron chi connectivity index (χ4n) is 2.36. The molecule has 0 aliphatic carbocycles. The Hall–Kier alpha value is -2.07. The Morgan fingerprint density at radius 2 is 2.00 bits per heavy atom. The van der Waals surface area contributed by atoms with Crippen LogP contribution in [0, 0.1) is 13.8 Å². The van der Waals surface area contributed by atoms with Crippen molar-refractivity contribution in [1.82, 2.24) is 14.8 Å². The van der Waals surface area contributed by atoms with Crippen molar-refractivity contribution in [2.75, 3.05) is 0 Å². The number of rotatable bonds is 3. The SMILES string of the molecule is Cc1nn(C)c(C)c1Oc1cc(CCl)nc2ccccc12. The van der Waals surface area contributed by atoms with Crippen molar-refractivity contribution in [2.24, 2.45) is 7.05 Å². The second-order valence-corrected chi connectivity index (χ2v) is 5.26. The maximum atomic E-state index is 6.13. The zero-order valence-corrected chi connectivity index (χ0v) is 13.0. The van der Waals surface area contributed by atoms with Crippen molar-refractivity contribution in [3.63, 3.8) is 0 Å². The van der Waals surface area contributed by atoms with E-state index in [1.807, 2.05) is 55.9 Å². The Morgan fingerprint density at radius 3 is 2.67 bits per heavy atom. The van der Waals surface area contributed by atoms with Crippen molar-refractivity contribution < 1.29 is 4.74 Å². The van der Waals surface area contributed by atoms with E-state index >= 15 is 0 Å². The molecule has 0 N–H and O–H groups in total. The molecular formula is C16H16ClN3O. The molecule has 0 aliphatic rings. The number of alkyl halides is 1. The molecule has 2 aromatic heterocycles. The predicted molar refractivity (Wildman–Crippen MR) is 84.1 cm³/mol. The van der Waals surface area contributed by atoms with Gasteiger partial charge < -0.3 is 4.74 Å². The molecular weight excluding hydrogens is 286 g/mol. The number of halogens is 1. The summed E-state index contributed by atoms with van der Waals surface area (Å²) in [5.41, 5.74) is 3.53. The highest BCUT2D eigenvalue weighted by molar-refractivity contribution is 6.17. The molecule has 0 amide bonds. The average molecular weight is 302 g/mol. The third-order valence-electron chi connectivity index (χ3n) is 3.52. The molecule has 3 rings (SSSR count). The van der Waals surface area contributed by atoms with Gasteiger partial charge in [0.1, 0.15) is 11.4 Å². The van der Waals surface area contributed by atoms with E-state index in [0.29, 0.717) is 5.88 Å². The van der Waals surface area contributed by atoms with Crippen LogP contribution in [0.5, 0.6) is 11.5 Å². The normalized spacial score (nSPS) is 11.0. The third kappa shape index (κ3) is 2.47. The van der Waals surface area contributed by atoms with Crippen molar-refractivity contribution in [3.8, 4) is 11.5 Å². The summed E-state index contributed by atoms with van der Waals surface area (Å²) in [4.78, 5) is 4.51. The van der Waals surface area contributed by atoms with Gasteiger partial charge in [0.15, 0.2) is 5.75 Å². The van der Waals surface area contributed by atoms with E-state index < -0.39 is 0 Å². The maximum Gasteiger partial charge on any atom is 0.171 e. The lowest BCUT2D eigenvalue weighted by atomic mass is 10.2. The summed E-state index contributed by atoms with van der Waals surface area (Å²) in [6.07, 6.45) is 0. The van der Waals surface area contributed by atoms with Gasteiger partial charge in [0.2, 0.25) is 0 Å². The summed E-state index contributed by atoms with van der Waals surface area (Å²) in [5, 5.41) is 5.35. The summed E-state index contributed by atoms with van der Waals surface area (Å²) < 4.78 is 7.95. The van der Waals surface area contributed by atoms with Crippen LogP contribution in [-0.2, 0) is 12.9 Å². The lowest BCUT2D eigenvalue weighted by molar-refractivity contribution is 0.478. The first kappa shape index (κ1) is 13.9. The summed E-state index contributed by atoms with van der Waals surface area (Å²) in [5.74, 6) is 1.90. The van der Waals surface area contributed by atoms with Gasteiger partial charge in [0.05, 0.1) is 22.8 Å². The number of nitrogens with zero attached hydrogens (tertiary/aromatic N) is 3. The van der Waals surface area contributed by atoms with E-state index in [4.69, 9.17) is 16.3 Å². The molecule has 21 heavy (non-hydrogen) atoms. The fraction of sp³-hybridized carbons (Fsp3) is 0.250. The monoisotopic (exact) mass is 301 g/mol. The van der Waals surface area contributed by atoms with Gasteiger partial charge in [-0.25, -0.2) is 0 Å². The van der Waals surface area contributed by atoms with Gasteiger partial charge in [0.25, 0.3) is 0 Å². The maximum absolute atomic E-state index is 6.13. The molecule has 0 atom stereocenters. The highest BCUT2D eigenvalue weighted by Crippen LogP contribution is 2.33. The third-order valence-corrected chi connectivity index (χ3v) is 3.80. The Balaban J connectivity index is 2.15. The van der Waals surface area contributed by atoms with Crippen LogP contribution in [0.1, 0.15) is 17.1 Å². The lowest BCUT2D eigenvalue weighted by Gasteiger charge is -2.10. The zero-order valence-electron chi connectivity index (χ0n) is 12.2. The summed E-state index contributed by atoms with van der Waals surface area (Å²) in [7, 11) is 1.91. The topological polar surface area (TPSA) is 39.9 Å². The molecule has 0 radical (unpaired) electrons. The van der Waals surface area contributed by atoms with Crippen molar-refractivity contribution >= 4 is 22.5 Å². The summed E-state index contributed by atoms with van der Waals surface area (Å²) in [6.45, 7) is 3.93. The molecule has 0 spiro atoms. The molecule has 0 saturated heterocycles. The summed E-state index contributed by atoms with van der Waals surface area (Å²) in [6, 6.07) is 9.77. The number of para-hydroxylation sites is 1. The number of fused-ring (bicyclic) bond motifs is 1. The second-order valence-electron chi connectivity index (χ2n) is 4.99. The standard InChI is InChI=1S/C16H16ClN3O/c1-10-16(11(2)20(3)19-10)21-15-8-12(9-17)18-14-7-5-4-6-13(14)15/h4-8H,9H2,1-3H3. The first-order valence-electron chi connectivity index (χ1n) is 6.73. The molecule has 0 fully saturated rings. The van der Waals surface area contributed by atoms with E-state index in [9.17, 15) is 0 Å². The van der Waals surface area contributed by atoms with Crippen LogP contribution in [-0.4, -0.2) is 14.8 Å². The van der Waals surface area contributed by atoms with Gasteiger partial charge >= 0.3 is 0 Å². The molecule has 0 bridgehead atoms. The van der Waals surface area contributed by atoms with Crippen LogP contribution >= 0.6 is 11.6 Å². The number of benzene rings is 1. The predicted octanol–water partition coefficient (Wildman–Crippen LogP) is 4.12. The van der Waals surface area contributed by atoms with Gasteiger partial charge in [-0.3, -0.25) is 9.67 Å². The minimum absolute atomic E-state index is 0.353. The van der Waals surface area contributed by atoms with E-state index in [-0.39, 0.29) is 0 Å². The first-order chi connectivity index (χ1) is 10.1. The van der Waals surface area contributed by atoms with E-state index in [1.165, 1.54) is 0 Å².